The summed E-state index contributed by atoms with van der Waals surface area (Å²) in [5.41, 5.74) is 3.31. The summed E-state index contributed by atoms with van der Waals surface area (Å²) < 4.78 is 33.7. The number of H-pyrrole nitrogens is 1. The third kappa shape index (κ3) is 2.08. The van der Waals surface area contributed by atoms with E-state index in [4.69, 9.17) is 0 Å². The number of nitrogens with zero attached hydrogens (tertiary/aromatic N) is 1. The Balaban J connectivity index is 2.36. The predicted octanol–water partition coefficient (Wildman–Crippen LogP) is 4.50. The molecule has 0 unspecified atom stereocenters. The highest BCUT2D eigenvalue weighted by Crippen LogP contribution is 2.39. The van der Waals surface area contributed by atoms with Crippen LogP contribution in [0.3, 0.4) is 0 Å². The lowest BCUT2D eigenvalue weighted by molar-refractivity contribution is 0.484. The number of halogens is 1. The van der Waals surface area contributed by atoms with Crippen molar-refractivity contribution in [2.24, 2.45) is 0 Å². The minimum Gasteiger partial charge on any atom is -0.353 e. The van der Waals surface area contributed by atoms with Gasteiger partial charge in [-0.1, -0.05) is 15.9 Å². The number of hydrogen-bond acceptors (Lipinski definition) is 3. The fourth-order valence-corrected chi connectivity index (χ4v) is 4.70. The van der Waals surface area contributed by atoms with E-state index in [1.54, 1.807) is 6.20 Å². The molecule has 0 aliphatic rings. The smallest absolute Gasteiger partial charge is 0.296 e. The summed E-state index contributed by atoms with van der Waals surface area (Å²) in [7, 11) is -4.35. The first kappa shape index (κ1) is 15.6. The second-order valence-electron chi connectivity index (χ2n) is 5.85. The fraction of sp³-hybridized carbons (Fsp3) is 0.118. The van der Waals surface area contributed by atoms with Gasteiger partial charge in [0.2, 0.25) is 0 Å². The van der Waals surface area contributed by atoms with Crippen LogP contribution >= 0.6 is 15.9 Å². The Morgan fingerprint density at radius 3 is 2.54 bits per heavy atom. The zero-order chi connectivity index (χ0) is 17.2. The zero-order valence-corrected chi connectivity index (χ0v) is 15.3. The van der Waals surface area contributed by atoms with Gasteiger partial charge in [0, 0.05) is 33.0 Å². The van der Waals surface area contributed by atoms with Crippen molar-refractivity contribution in [3.63, 3.8) is 0 Å². The van der Waals surface area contributed by atoms with E-state index in [-0.39, 0.29) is 4.90 Å². The molecule has 0 spiro atoms. The van der Waals surface area contributed by atoms with E-state index >= 15 is 0 Å². The summed E-state index contributed by atoms with van der Waals surface area (Å²) >= 11 is 3.34. The largest absolute Gasteiger partial charge is 0.353 e. The van der Waals surface area contributed by atoms with Gasteiger partial charge < -0.3 is 4.98 Å². The topological polar surface area (TPSA) is 83.0 Å². The van der Waals surface area contributed by atoms with Gasteiger partial charge in [0.05, 0.1) is 11.0 Å². The summed E-state index contributed by atoms with van der Waals surface area (Å²) in [6.45, 7) is 3.98. The summed E-state index contributed by atoms with van der Waals surface area (Å²) in [4.78, 5) is 7.27. The van der Waals surface area contributed by atoms with Crippen molar-refractivity contribution in [3.8, 4) is 0 Å². The van der Waals surface area contributed by atoms with Crippen LogP contribution < -0.4 is 0 Å². The molecular weight excluding hydrogens is 392 g/mol. The monoisotopic (exact) mass is 404 g/mol. The Morgan fingerprint density at radius 2 is 1.83 bits per heavy atom. The number of hydrogen-bond donors (Lipinski definition) is 2. The van der Waals surface area contributed by atoms with Crippen LogP contribution in [0, 0.1) is 13.8 Å². The maximum Gasteiger partial charge on any atom is 0.296 e. The number of fused-ring (bicyclic) bond motifs is 4. The number of aryl methyl sites for hydroxylation is 2. The Morgan fingerprint density at radius 1 is 1.08 bits per heavy atom. The number of rotatable bonds is 1. The first-order valence-corrected chi connectivity index (χ1v) is 9.47. The minimum absolute atomic E-state index is 0.135. The Labute approximate surface area is 146 Å². The van der Waals surface area contributed by atoms with E-state index in [9.17, 15) is 13.0 Å². The molecule has 0 atom stereocenters. The van der Waals surface area contributed by atoms with Gasteiger partial charge in [-0.2, -0.15) is 8.42 Å². The molecule has 0 bridgehead atoms. The Bertz CT molecular complexity index is 1260. The van der Waals surface area contributed by atoms with Crippen molar-refractivity contribution in [3.05, 3.63) is 46.2 Å². The molecule has 0 aliphatic carbocycles. The summed E-state index contributed by atoms with van der Waals surface area (Å²) in [5, 5.41) is 3.78. The second kappa shape index (κ2) is 5.02. The lowest BCUT2D eigenvalue weighted by Gasteiger charge is -2.08. The lowest BCUT2D eigenvalue weighted by atomic mass is 9.97. The molecule has 7 heteroatoms. The third-order valence-corrected chi connectivity index (χ3v) is 5.83. The molecule has 0 saturated heterocycles. The third-order valence-electron chi connectivity index (χ3n) is 4.49. The van der Waals surface area contributed by atoms with Crippen molar-refractivity contribution in [1.82, 2.24) is 9.97 Å². The van der Waals surface area contributed by atoms with Crippen molar-refractivity contribution < 1.29 is 13.0 Å². The van der Waals surface area contributed by atoms with E-state index < -0.39 is 10.1 Å². The number of aromatic nitrogens is 2. The molecular formula is C17H13BrN2O3S. The van der Waals surface area contributed by atoms with E-state index in [1.807, 2.05) is 32.2 Å². The average Bonchev–Trinajstić information content (AvgIpc) is 2.90. The van der Waals surface area contributed by atoms with E-state index in [0.29, 0.717) is 9.99 Å². The summed E-state index contributed by atoms with van der Waals surface area (Å²) in [5.74, 6) is 0. The SMILES string of the molecule is Cc1c2ccncc2c(C)c2c1[nH]c1c(S(=O)(=O)O)cc(Br)cc12. The lowest BCUT2D eigenvalue weighted by Crippen LogP contribution is -1.99. The van der Waals surface area contributed by atoms with E-state index in [2.05, 4.69) is 25.9 Å². The molecule has 4 aromatic rings. The molecule has 2 aromatic carbocycles. The van der Waals surface area contributed by atoms with E-state index in [1.165, 1.54) is 6.07 Å². The molecule has 0 amide bonds. The number of benzene rings is 2. The maximum absolute atomic E-state index is 11.8. The van der Waals surface area contributed by atoms with Crippen LogP contribution in [0.1, 0.15) is 11.1 Å². The van der Waals surface area contributed by atoms with Gasteiger partial charge >= 0.3 is 0 Å². The fourth-order valence-electron chi connectivity index (χ4n) is 3.39. The molecule has 0 aliphatic heterocycles. The van der Waals surface area contributed by atoms with Gasteiger partial charge in [-0.05, 0) is 48.6 Å². The first-order chi connectivity index (χ1) is 11.3. The van der Waals surface area contributed by atoms with E-state index in [0.717, 1.165) is 38.2 Å². The van der Waals surface area contributed by atoms with Gasteiger partial charge in [-0.15, -0.1) is 0 Å². The highest BCUT2D eigenvalue weighted by atomic mass is 79.9. The van der Waals surface area contributed by atoms with Gasteiger partial charge in [-0.25, -0.2) is 0 Å². The second-order valence-corrected chi connectivity index (χ2v) is 8.15. The summed E-state index contributed by atoms with van der Waals surface area (Å²) in [6.07, 6.45) is 3.56. The minimum atomic E-state index is -4.35. The average molecular weight is 405 g/mol. The van der Waals surface area contributed by atoms with Crippen molar-refractivity contribution in [2.75, 3.05) is 0 Å². The highest BCUT2D eigenvalue weighted by molar-refractivity contribution is 9.10. The summed E-state index contributed by atoms with van der Waals surface area (Å²) in [6, 6.07) is 5.21. The normalized spacial score (nSPS) is 12.5. The molecule has 2 aromatic heterocycles. The Kier molecular flexibility index (Phi) is 3.25. The van der Waals surface area contributed by atoms with Crippen molar-refractivity contribution in [2.45, 2.75) is 18.7 Å². The van der Waals surface area contributed by atoms with Crippen LogP contribution in [0.4, 0.5) is 0 Å². The first-order valence-electron chi connectivity index (χ1n) is 7.24. The molecule has 0 saturated carbocycles. The maximum atomic E-state index is 11.8. The number of pyridine rings is 1. The molecule has 0 radical (unpaired) electrons. The van der Waals surface area contributed by atoms with Gasteiger partial charge in [0.15, 0.2) is 0 Å². The van der Waals surface area contributed by atoms with Gasteiger partial charge in [0.1, 0.15) is 4.90 Å². The standard InChI is InChI=1S/C17H13BrN2O3S/c1-8-13-7-19-4-3-11(13)9(2)16-15(8)12-5-10(18)6-14(17(12)20-16)24(21,22)23/h3-7,20H,1-2H3,(H,21,22,23). The van der Waals surface area contributed by atoms with Crippen molar-refractivity contribution in [1.29, 1.82) is 0 Å². The molecule has 2 heterocycles. The number of nitrogens with one attached hydrogen (secondary N) is 1. The highest BCUT2D eigenvalue weighted by Gasteiger charge is 2.21. The van der Waals surface area contributed by atoms with Crippen LogP contribution in [-0.4, -0.2) is 22.9 Å². The van der Waals surface area contributed by atoms with Crippen LogP contribution in [-0.2, 0) is 10.1 Å². The molecule has 24 heavy (non-hydrogen) atoms. The van der Waals surface area contributed by atoms with Crippen LogP contribution in [0.5, 0.6) is 0 Å². The molecule has 122 valence electrons. The zero-order valence-electron chi connectivity index (χ0n) is 12.9. The van der Waals surface area contributed by atoms with Crippen LogP contribution in [0.2, 0.25) is 0 Å². The predicted molar refractivity (Wildman–Crippen MR) is 98.1 cm³/mol. The Hall–Kier alpha value is -1.96. The molecule has 0 fully saturated rings. The number of aromatic amines is 1. The quantitative estimate of drug-likeness (QED) is 0.457. The molecule has 2 N–H and O–H groups in total. The van der Waals surface area contributed by atoms with Gasteiger partial charge in [-0.3, -0.25) is 9.54 Å². The molecule has 5 nitrogen and oxygen atoms in total. The van der Waals surface area contributed by atoms with Crippen molar-refractivity contribution >= 4 is 58.6 Å². The van der Waals surface area contributed by atoms with Gasteiger partial charge in [0.25, 0.3) is 10.1 Å². The van der Waals surface area contributed by atoms with Crippen LogP contribution in [0.15, 0.2) is 40.0 Å². The molecule has 4 rings (SSSR count). The van der Waals surface area contributed by atoms with Crippen LogP contribution in [0.25, 0.3) is 32.6 Å².